The molecule has 2 aromatic carbocycles. The zero-order chi connectivity index (χ0) is 23.9. The van der Waals surface area contributed by atoms with Crippen molar-refractivity contribution < 1.29 is 13.2 Å². The van der Waals surface area contributed by atoms with Crippen LogP contribution in [0, 0.1) is 0 Å². The van der Waals surface area contributed by atoms with E-state index in [1.165, 1.54) is 21.1 Å². The van der Waals surface area contributed by atoms with Crippen molar-refractivity contribution in [1.29, 1.82) is 0 Å². The van der Waals surface area contributed by atoms with Gasteiger partial charge in [-0.1, -0.05) is 42.5 Å². The minimum atomic E-state index is -3.75. The van der Waals surface area contributed by atoms with E-state index in [0.29, 0.717) is 32.0 Å². The predicted molar refractivity (Wildman–Crippen MR) is 130 cm³/mol. The molecule has 1 fully saturated rings. The van der Waals surface area contributed by atoms with Crippen molar-refractivity contribution in [3.63, 3.8) is 0 Å². The lowest BCUT2D eigenvalue weighted by molar-refractivity contribution is 0.0992. The van der Waals surface area contributed by atoms with Crippen LogP contribution < -0.4 is 10.6 Å². The second-order valence-electron chi connectivity index (χ2n) is 8.18. The standard InChI is InChI=1S/C24H24N6O3S/c1-28-16-18(15-21(28)22(25)31)34(32,33)30-13-11-29(12-14-30)24-19-9-5-6-10-20(19)26-23(27-24)17-7-3-2-4-8-17/h2-10,15-16H,11-14H2,1H3,(H2,25,31). The van der Waals surface area contributed by atoms with Crippen molar-refractivity contribution in [1.82, 2.24) is 18.8 Å². The monoisotopic (exact) mass is 476 g/mol. The SMILES string of the molecule is Cn1cc(S(=O)(=O)N2CCN(c3nc(-c4ccccc4)nc4ccccc34)CC2)cc1C(N)=O. The summed E-state index contributed by atoms with van der Waals surface area (Å²) >= 11 is 0. The Balaban J connectivity index is 1.43. The maximum atomic E-state index is 13.2. The van der Waals surface area contributed by atoms with E-state index in [-0.39, 0.29) is 10.6 Å². The molecule has 1 aliphatic rings. The Morgan fingerprint density at radius 3 is 2.29 bits per heavy atom. The number of amides is 1. The second kappa shape index (κ2) is 8.54. The number of nitrogens with zero attached hydrogens (tertiary/aromatic N) is 5. The van der Waals surface area contributed by atoms with Crippen molar-refractivity contribution >= 4 is 32.7 Å². The van der Waals surface area contributed by atoms with Crippen LogP contribution in [0.5, 0.6) is 0 Å². The lowest BCUT2D eigenvalue weighted by atomic mass is 10.1. The molecule has 9 nitrogen and oxygen atoms in total. The van der Waals surface area contributed by atoms with Gasteiger partial charge in [-0.25, -0.2) is 18.4 Å². The fourth-order valence-electron chi connectivity index (χ4n) is 4.23. The van der Waals surface area contributed by atoms with Crippen LogP contribution in [-0.4, -0.2) is 59.3 Å². The van der Waals surface area contributed by atoms with Crippen molar-refractivity contribution in [2.75, 3.05) is 31.1 Å². The number of rotatable bonds is 5. The first-order valence-electron chi connectivity index (χ1n) is 10.9. The van der Waals surface area contributed by atoms with Gasteiger partial charge in [-0.15, -0.1) is 0 Å². The van der Waals surface area contributed by atoms with Gasteiger partial charge in [-0.3, -0.25) is 4.79 Å². The molecule has 0 bridgehead atoms. The van der Waals surface area contributed by atoms with Crippen LogP contribution in [0.2, 0.25) is 0 Å². The van der Waals surface area contributed by atoms with Crippen LogP contribution in [0.15, 0.2) is 71.8 Å². The van der Waals surface area contributed by atoms with Crippen LogP contribution >= 0.6 is 0 Å². The van der Waals surface area contributed by atoms with Gasteiger partial charge in [0.05, 0.1) is 5.52 Å². The quantitative estimate of drug-likeness (QED) is 0.473. The summed E-state index contributed by atoms with van der Waals surface area (Å²) in [7, 11) is -2.15. The molecule has 0 radical (unpaired) electrons. The van der Waals surface area contributed by atoms with E-state index in [9.17, 15) is 13.2 Å². The maximum absolute atomic E-state index is 13.2. The van der Waals surface area contributed by atoms with Crippen LogP contribution in [-0.2, 0) is 17.1 Å². The van der Waals surface area contributed by atoms with Crippen LogP contribution in [0.3, 0.4) is 0 Å². The summed E-state index contributed by atoms with van der Waals surface area (Å²) in [5.41, 5.74) is 7.25. The van der Waals surface area contributed by atoms with E-state index in [1.807, 2.05) is 54.6 Å². The number of fused-ring (bicyclic) bond motifs is 1. The lowest BCUT2D eigenvalue weighted by Crippen LogP contribution is -2.49. The summed E-state index contributed by atoms with van der Waals surface area (Å²) in [6.45, 7) is 1.54. The predicted octanol–water partition coefficient (Wildman–Crippen LogP) is 2.25. The number of aromatic nitrogens is 3. The number of nitrogens with two attached hydrogens (primary N) is 1. The van der Waals surface area contributed by atoms with E-state index >= 15 is 0 Å². The molecule has 1 aliphatic heterocycles. The van der Waals surface area contributed by atoms with Gasteiger partial charge in [0, 0.05) is 50.4 Å². The summed E-state index contributed by atoms with van der Waals surface area (Å²) in [6, 6.07) is 18.9. The molecule has 34 heavy (non-hydrogen) atoms. The van der Waals surface area contributed by atoms with Crippen LogP contribution in [0.4, 0.5) is 5.82 Å². The van der Waals surface area contributed by atoms with Crippen molar-refractivity contribution in [2.24, 2.45) is 12.8 Å². The highest BCUT2D eigenvalue weighted by Gasteiger charge is 2.31. The summed E-state index contributed by atoms with van der Waals surface area (Å²) in [5.74, 6) is 0.753. The molecule has 10 heteroatoms. The molecule has 0 unspecified atom stereocenters. The van der Waals surface area contributed by atoms with E-state index in [4.69, 9.17) is 15.7 Å². The number of primary amides is 1. The summed E-state index contributed by atoms with van der Waals surface area (Å²) in [6.07, 6.45) is 1.42. The largest absolute Gasteiger partial charge is 0.364 e. The Labute approximate surface area is 197 Å². The highest BCUT2D eigenvalue weighted by Crippen LogP contribution is 2.29. The van der Waals surface area contributed by atoms with Gasteiger partial charge in [0.2, 0.25) is 10.0 Å². The smallest absolute Gasteiger partial charge is 0.265 e. The van der Waals surface area contributed by atoms with Gasteiger partial charge in [-0.2, -0.15) is 4.31 Å². The number of carbonyl (C=O) groups excluding carboxylic acids is 1. The highest BCUT2D eigenvalue weighted by atomic mass is 32.2. The molecule has 5 rings (SSSR count). The molecule has 174 valence electrons. The zero-order valence-corrected chi connectivity index (χ0v) is 19.4. The molecule has 3 heterocycles. The third-order valence-electron chi connectivity index (χ3n) is 6.02. The Kier molecular flexibility index (Phi) is 5.54. The van der Waals surface area contributed by atoms with Crippen molar-refractivity contribution in [2.45, 2.75) is 4.90 Å². The first kappa shape index (κ1) is 22.1. The molecule has 1 saturated heterocycles. The minimum Gasteiger partial charge on any atom is -0.364 e. The van der Waals surface area contributed by atoms with E-state index in [1.54, 1.807) is 7.05 Å². The third kappa shape index (κ3) is 3.91. The zero-order valence-electron chi connectivity index (χ0n) is 18.6. The van der Waals surface area contributed by atoms with Gasteiger partial charge in [0.15, 0.2) is 5.82 Å². The molecule has 4 aromatic rings. The Morgan fingerprint density at radius 1 is 0.941 bits per heavy atom. The topological polar surface area (TPSA) is 114 Å². The van der Waals surface area contributed by atoms with E-state index < -0.39 is 15.9 Å². The number of sulfonamides is 1. The second-order valence-corrected chi connectivity index (χ2v) is 10.1. The molecule has 0 spiro atoms. The normalized spacial score (nSPS) is 15.0. The number of hydrogen-bond donors (Lipinski definition) is 1. The molecule has 0 atom stereocenters. The Bertz CT molecular complexity index is 1480. The Morgan fingerprint density at radius 2 is 1.62 bits per heavy atom. The number of aryl methyl sites for hydroxylation is 1. The fourth-order valence-corrected chi connectivity index (χ4v) is 5.72. The maximum Gasteiger partial charge on any atom is 0.265 e. The highest BCUT2D eigenvalue weighted by molar-refractivity contribution is 7.89. The number of para-hydroxylation sites is 1. The lowest BCUT2D eigenvalue weighted by Gasteiger charge is -2.35. The summed E-state index contributed by atoms with van der Waals surface area (Å²) in [5, 5.41) is 0.924. The molecule has 0 aliphatic carbocycles. The molecule has 2 N–H and O–H groups in total. The summed E-state index contributed by atoms with van der Waals surface area (Å²) in [4.78, 5) is 23.3. The van der Waals surface area contributed by atoms with Gasteiger partial charge in [-0.05, 0) is 18.2 Å². The number of benzene rings is 2. The van der Waals surface area contributed by atoms with Gasteiger partial charge >= 0.3 is 0 Å². The molecular weight excluding hydrogens is 452 g/mol. The Hall–Kier alpha value is -3.76. The molecular formula is C24H24N6O3S. The average Bonchev–Trinajstić information content (AvgIpc) is 3.27. The number of anilines is 1. The van der Waals surface area contributed by atoms with Gasteiger partial charge in [0.1, 0.15) is 16.4 Å². The molecule has 2 aromatic heterocycles. The number of carbonyl (C=O) groups is 1. The minimum absolute atomic E-state index is 0.0658. The van der Waals surface area contributed by atoms with Gasteiger partial charge < -0.3 is 15.2 Å². The van der Waals surface area contributed by atoms with E-state index in [0.717, 1.165) is 22.3 Å². The van der Waals surface area contributed by atoms with Crippen molar-refractivity contribution in [3.05, 3.63) is 72.6 Å². The first-order chi connectivity index (χ1) is 16.3. The fraction of sp³-hybridized carbons (Fsp3) is 0.208. The molecule has 1 amide bonds. The van der Waals surface area contributed by atoms with Gasteiger partial charge in [0.25, 0.3) is 5.91 Å². The average molecular weight is 477 g/mol. The van der Waals surface area contributed by atoms with Crippen LogP contribution in [0.25, 0.3) is 22.3 Å². The third-order valence-corrected chi connectivity index (χ3v) is 7.89. The van der Waals surface area contributed by atoms with Crippen molar-refractivity contribution in [3.8, 4) is 11.4 Å². The molecule has 0 saturated carbocycles. The first-order valence-corrected chi connectivity index (χ1v) is 12.3. The number of hydrogen-bond acceptors (Lipinski definition) is 6. The van der Waals surface area contributed by atoms with E-state index in [2.05, 4.69) is 4.90 Å². The summed E-state index contributed by atoms with van der Waals surface area (Å²) < 4.78 is 29.2. The number of piperazine rings is 1. The van der Waals surface area contributed by atoms with Crippen LogP contribution in [0.1, 0.15) is 10.5 Å².